The molecule has 0 unspecified atom stereocenters. The number of sulfonamides is 1. The summed E-state index contributed by atoms with van der Waals surface area (Å²) in [5, 5.41) is 17.5. The summed E-state index contributed by atoms with van der Waals surface area (Å²) in [6.07, 6.45) is 11.8. The molecule has 2 aromatic heterocycles. The van der Waals surface area contributed by atoms with Gasteiger partial charge in [0.2, 0.25) is 0 Å². The molecular weight excluding hydrogens is 905 g/mol. The smallest absolute Gasteiger partial charge is 0.268 e. The molecule has 372 valence electrons. The van der Waals surface area contributed by atoms with E-state index in [1.54, 1.807) is 12.3 Å². The Bertz CT molecular complexity index is 2800. The summed E-state index contributed by atoms with van der Waals surface area (Å²) in [7, 11) is -4.49. The van der Waals surface area contributed by atoms with E-state index in [0.717, 1.165) is 89.0 Å². The molecule has 5 aromatic rings. The number of nitroso groups, excluding NO2 is 1. The lowest BCUT2D eigenvalue weighted by Gasteiger charge is -2.57. The van der Waals surface area contributed by atoms with Crippen LogP contribution in [-0.2, 0) is 10.0 Å². The number of nitrogens with one attached hydrogen (secondary N) is 3. The van der Waals surface area contributed by atoms with E-state index in [9.17, 15) is 23.2 Å². The normalized spacial score (nSPS) is 23.8. The number of carbonyl (C=O) groups is 1. The van der Waals surface area contributed by atoms with Gasteiger partial charge in [0, 0.05) is 68.6 Å². The second-order valence-electron chi connectivity index (χ2n) is 21.3. The van der Waals surface area contributed by atoms with Crippen molar-refractivity contribution in [2.75, 3.05) is 69.2 Å². The lowest BCUT2D eigenvalue weighted by atomic mass is 9.70. The van der Waals surface area contributed by atoms with Crippen LogP contribution in [0.3, 0.4) is 0 Å². The molecule has 5 heterocycles. The van der Waals surface area contributed by atoms with Gasteiger partial charge >= 0.3 is 0 Å². The van der Waals surface area contributed by atoms with Gasteiger partial charge in [0.15, 0.2) is 5.75 Å². The molecule has 1 amide bonds. The van der Waals surface area contributed by atoms with Crippen LogP contribution in [0.1, 0.15) is 118 Å². The minimum Gasteiger partial charge on any atom is -0.474 e. The number of piperidine rings is 1. The third-order valence-electron chi connectivity index (χ3n) is 16.1. The summed E-state index contributed by atoms with van der Waals surface area (Å²) in [5.74, 6) is 1.16. The van der Waals surface area contributed by atoms with E-state index < -0.39 is 21.5 Å². The number of H-pyrrole nitrogens is 1. The van der Waals surface area contributed by atoms with E-state index in [1.807, 2.05) is 31.2 Å². The second kappa shape index (κ2) is 19.9. The highest BCUT2D eigenvalue weighted by Gasteiger charge is 2.49. The van der Waals surface area contributed by atoms with Crippen LogP contribution in [0, 0.1) is 16.2 Å². The van der Waals surface area contributed by atoms with Crippen LogP contribution in [0.4, 0.5) is 17.1 Å². The molecule has 10 rings (SSSR count). The third kappa shape index (κ3) is 10.3. The van der Waals surface area contributed by atoms with Gasteiger partial charge in [-0.3, -0.25) is 14.6 Å². The first-order chi connectivity index (χ1) is 33.7. The van der Waals surface area contributed by atoms with Crippen LogP contribution < -0.4 is 24.4 Å². The Morgan fingerprint density at radius 1 is 0.929 bits per heavy atom. The summed E-state index contributed by atoms with van der Waals surface area (Å²) < 4.78 is 43.0. The van der Waals surface area contributed by atoms with Crippen molar-refractivity contribution in [2.24, 2.45) is 16.5 Å². The average Bonchev–Trinajstić information content (AvgIpc) is 4.01. The van der Waals surface area contributed by atoms with Gasteiger partial charge in [0.1, 0.15) is 23.7 Å². The fourth-order valence-corrected chi connectivity index (χ4v) is 12.7. The topological polar surface area (TPSA) is 182 Å². The maximum atomic E-state index is 14.3. The number of hydrogen-bond acceptors (Lipinski definition) is 13. The molecule has 3 aromatic carbocycles. The summed E-state index contributed by atoms with van der Waals surface area (Å²) in [5.41, 5.74) is 4.40. The van der Waals surface area contributed by atoms with Crippen molar-refractivity contribution < 1.29 is 27.8 Å². The SMILES string of the molecule is CC(C)c1ccccc1[C@@H]1CCC[C@@H]1N1CC2(CCN(c3ccc(C(=O)NS(=O)(=O)c4ccc(NC[C@H]5CC[C@](C)(O)CC5)c(N=O)c4)c(Oc4cc5cc[nH]c5nc4OCCN4CCC4)c3)CC2)C1. The Labute approximate surface area is 411 Å². The van der Waals surface area contributed by atoms with Crippen molar-refractivity contribution in [3.8, 4) is 17.4 Å². The number of ether oxygens (including phenoxy) is 2. The molecule has 2 aliphatic carbocycles. The molecule has 70 heavy (non-hydrogen) atoms. The highest BCUT2D eigenvalue weighted by Crippen LogP contribution is 2.49. The maximum Gasteiger partial charge on any atom is 0.268 e. The van der Waals surface area contributed by atoms with Crippen molar-refractivity contribution in [1.82, 2.24) is 24.5 Å². The van der Waals surface area contributed by atoms with Crippen LogP contribution in [0.15, 0.2) is 89.1 Å². The number of pyridine rings is 1. The van der Waals surface area contributed by atoms with Crippen molar-refractivity contribution in [3.05, 3.63) is 101 Å². The average molecular weight is 973 g/mol. The highest BCUT2D eigenvalue weighted by atomic mass is 32.2. The van der Waals surface area contributed by atoms with Crippen LogP contribution in [0.5, 0.6) is 17.4 Å². The zero-order valence-corrected chi connectivity index (χ0v) is 41.6. The second-order valence-corrected chi connectivity index (χ2v) is 23.0. The lowest BCUT2D eigenvalue weighted by molar-refractivity contribution is -0.0493. The molecule has 2 atom stereocenters. The summed E-state index contributed by atoms with van der Waals surface area (Å²) in [6.45, 7) is 14.0. The number of anilines is 2. The molecule has 0 radical (unpaired) electrons. The monoisotopic (exact) mass is 972 g/mol. The predicted molar refractivity (Wildman–Crippen MR) is 273 cm³/mol. The molecule has 3 saturated heterocycles. The van der Waals surface area contributed by atoms with Gasteiger partial charge in [-0.1, -0.05) is 44.5 Å². The first kappa shape index (κ1) is 48.1. The minimum absolute atomic E-state index is 0.000209. The number of aromatic nitrogens is 2. The number of aromatic amines is 1. The van der Waals surface area contributed by atoms with Crippen molar-refractivity contribution in [2.45, 2.75) is 113 Å². The number of nitrogens with zero attached hydrogens (tertiary/aromatic N) is 5. The molecule has 4 N–H and O–H groups in total. The molecule has 0 bridgehead atoms. The molecule has 15 nitrogen and oxygen atoms in total. The first-order valence-electron chi connectivity index (χ1n) is 25.5. The number of benzene rings is 3. The lowest BCUT2D eigenvalue weighted by Crippen LogP contribution is -2.63. The Kier molecular flexibility index (Phi) is 13.7. The van der Waals surface area contributed by atoms with Crippen LogP contribution >= 0.6 is 0 Å². The Morgan fingerprint density at radius 3 is 2.46 bits per heavy atom. The fourth-order valence-electron chi connectivity index (χ4n) is 11.7. The molecule has 1 spiro atoms. The van der Waals surface area contributed by atoms with Gasteiger partial charge in [-0.15, -0.1) is 4.91 Å². The number of rotatable bonds is 17. The standard InChI is InChI=1S/C54H68N8O7S/c1-36(2)41-8-4-5-9-42(41)43-10-6-11-47(43)62-34-54(35-62)21-26-61(27-22-54)39-12-14-44(48(31-39)69-49-30-38-18-23-55-50(38)57-52(49)68-29-28-60-24-7-25-60)51(63)59-70(66,67)40-13-15-45(46(32-40)58-65)56-33-37-16-19-53(3,64)20-17-37/h4-5,8-9,12-15,18,23,30-32,36-37,43,47,56,64H,6-7,10-11,16-17,19-22,24-29,33-35H2,1-3H3,(H,55,57)(H,59,63)/t37-,43-,47-,53-/m0/s1. The van der Waals surface area contributed by atoms with E-state index in [-0.39, 0.29) is 39.1 Å². The number of amides is 1. The van der Waals surface area contributed by atoms with E-state index in [2.05, 4.69) is 73.0 Å². The van der Waals surface area contributed by atoms with Gasteiger partial charge in [0.05, 0.1) is 21.7 Å². The van der Waals surface area contributed by atoms with Gasteiger partial charge < -0.3 is 29.8 Å². The van der Waals surface area contributed by atoms with E-state index >= 15 is 0 Å². The summed E-state index contributed by atoms with van der Waals surface area (Å²) >= 11 is 0. The summed E-state index contributed by atoms with van der Waals surface area (Å²) in [6, 6.07) is 22.6. The number of fused-ring (bicyclic) bond motifs is 1. The quantitative estimate of drug-likeness (QED) is 0.0649. The van der Waals surface area contributed by atoms with E-state index in [4.69, 9.17) is 14.5 Å². The van der Waals surface area contributed by atoms with Crippen LogP contribution in [-0.4, -0.2) is 110 Å². The molecule has 2 saturated carbocycles. The Balaban J connectivity index is 0.867. The Morgan fingerprint density at radius 2 is 1.71 bits per heavy atom. The zero-order valence-electron chi connectivity index (χ0n) is 40.8. The van der Waals surface area contributed by atoms with Crippen LogP contribution in [0.2, 0.25) is 0 Å². The fraction of sp³-hybridized carbons (Fsp3) is 0.519. The van der Waals surface area contributed by atoms with E-state index in [1.165, 1.54) is 48.6 Å². The molecule has 5 fully saturated rings. The molecule has 5 aliphatic rings. The molecule has 3 aliphatic heterocycles. The van der Waals surface area contributed by atoms with E-state index in [0.29, 0.717) is 61.0 Å². The minimum atomic E-state index is -4.49. The zero-order chi connectivity index (χ0) is 48.6. The first-order valence-corrected chi connectivity index (χ1v) is 27.0. The predicted octanol–water partition coefficient (Wildman–Crippen LogP) is 9.67. The summed E-state index contributed by atoms with van der Waals surface area (Å²) in [4.78, 5) is 41.3. The number of hydrogen-bond donors (Lipinski definition) is 4. The van der Waals surface area contributed by atoms with Gasteiger partial charge in [0.25, 0.3) is 21.8 Å². The van der Waals surface area contributed by atoms with Crippen molar-refractivity contribution in [3.63, 3.8) is 0 Å². The van der Waals surface area contributed by atoms with Gasteiger partial charge in [-0.2, -0.15) is 4.98 Å². The van der Waals surface area contributed by atoms with Crippen molar-refractivity contribution in [1.29, 1.82) is 0 Å². The third-order valence-corrected chi connectivity index (χ3v) is 17.4. The Hall–Kier alpha value is -5.55. The molecular formula is C54H68N8O7S. The van der Waals surface area contributed by atoms with Crippen LogP contribution in [0.25, 0.3) is 11.0 Å². The largest absolute Gasteiger partial charge is 0.474 e. The maximum absolute atomic E-state index is 14.3. The number of aliphatic hydroxyl groups is 1. The van der Waals surface area contributed by atoms with Gasteiger partial charge in [-0.25, -0.2) is 13.1 Å². The van der Waals surface area contributed by atoms with Crippen molar-refractivity contribution >= 4 is 44.0 Å². The number of likely N-dealkylation sites (tertiary alicyclic amines) is 2. The van der Waals surface area contributed by atoms with Gasteiger partial charge in [-0.05, 0) is 160 Å². The molecule has 16 heteroatoms. The number of carbonyl (C=O) groups excluding carboxylic acids is 1. The highest BCUT2D eigenvalue weighted by molar-refractivity contribution is 7.90.